The predicted molar refractivity (Wildman–Crippen MR) is 118 cm³/mol. The molecule has 0 unspecified atom stereocenters. The zero-order valence-electron chi connectivity index (χ0n) is 17.7. The first kappa shape index (κ1) is 21.1. The Morgan fingerprint density at radius 2 is 1.48 bits per heavy atom. The smallest absolute Gasteiger partial charge is 0.241 e. The summed E-state index contributed by atoms with van der Waals surface area (Å²) in [7, 11) is 0. The van der Waals surface area contributed by atoms with Gasteiger partial charge in [-0.15, -0.1) is 0 Å². The summed E-state index contributed by atoms with van der Waals surface area (Å²) in [5.74, 6) is 0.394. The number of carbonyl (C=O) groups excluding carboxylic acids is 2. The number of anilines is 2. The van der Waals surface area contributed by atoms with Gasteiger partial charge in [0.25, 0.3) is 0 Å². The van der Waals surface area contributed by atoms with Crippen LogP contribution in [0.15, 0.2) is 48.5 Å². The summed E-state index contributed by atoms with van der Waals surface area (Å²) in [6.45, 7) is 8.61. The molecule has 0 heterocycles. The minimum Gasteiger partial charge on any atom is -0.326 e. The van der Waals surface area contributed by atoms with Crippen molar-refractivity contribution in [2.24, 2.45) is 0 Å². The van der Waals surface area contributed by atoms with Crippen LogP contribution in [-0.4, -0.2) is 28.8 Å². The fourth-order valence-electron chi connectivity index (χ4n) is 3.44. The molecule has 1 fully saturated rings. The van der Waals surface area contributed by atoms with Crippen LogP contribution < -0.4 is 10.6 Å². The first-order valence-corrected chi connectivity index (χ1v) is 10.4. The van der Waals surface area contributed by atoms with Crippen LogP contribution in [0, 0.1) is 0 Å². The molecular formula is C24H31N3O2. The van der Waals surface area contributed by atoms with Crippen LogP contribution in [-0.2, 0) is 16.1 Å². The Kier molecular flexibility index (Phi) is 6.70. The van der Waals surface area contributed by atoms with Gasteiger partial charge in [-0.05, 0) is 61.1 Å². The molecule has 3 rings (SSSR count). The zero-order chi connectivity index (χ0) is 21.0. The molecule has 0 saturated heterocycles. The molecule has 0 aliphatic heterocycles. The second-order valence-corrected chi connectivity index (χ2v) is 8.22. The Bertz CT molecular complexity index is 839. The molecule has 5 nitrogen and oxygen atoms in total. The van der Waals surface area contributed by atoms with Crippen molar-refractivity contribution in [3.05, 3.63) is 59.7 Å². The lowest BCUT2D eigenvalue weighted by Crippen LogP contribution is -2.43. The molecule has 0 spiro atoms. The Morgan fingerprint density at radius 3 is 1.97 bits per heavy atom. The lowest BCUT2D eigenvalue weighted by Gasteiger charge is -2.28. The van der Waals surface area contributed by atoms with Crippen LogP contribution in [0.2, 0.25) is 0 Å². The van der Waals surface area contributed by atoms with E-state index in [4.69, 9.17) is 0 Å². The average Bonchev–Trinajstić information content (AvgIpc) is 3.52. The summed E-state index contributed by atoms with van der Waals surface area (Å²) in [6.07, 6.45) is 2.29. The van der Waals surface area contributed by atoms with E-state index in [0.29, 0.717) is 17.6 Å². The minimum atomic E-state index is -0.220. The maximum Gasteiger partial charge on any atom is 0.241 e. The van der Waals surface area contributed by atoms with Gasteiger partial charge in [0.15, 0.2) is 0 Å². The quantitative estimate of drug-likeness (QED) is 0.680. The van der Waals surface area contributed by atoms with Gasteiger partial charge >= 0.3 is 0 Å². The second-order valence-electron chi connectivity index (χ2n) is 8.22. The first-order chi connectivity index (χ1) is 13.8. The van der Waals surface area contributed by atoms with E-state index in [1.165, 1.54) is 18.1 Å². The topological polar surface area (TPSA) is 61.4 Å². The third kappa shape index (κ3) is 5.91. The van der Waals surface area contributed by atoms with Gasteiger partial charge in [-0.3, -0.25) is 14.5 Å². The van der Waals surface area contributed by atoms with Gasteiger partial charge in [0.1, 0.15) is 0 Å². The molecule has 2 N–H and O–H groups in total. The standard InChI is InChI=1S/C24H31N3O2/c1-16(2)20-7-5-19(6-8-20)15-27(23-13-14-23)17(3)24(29)26-22-11-9-21(10-12-22)25-18(4)28/h5-12,16-17,23H,13-15H2,1-4H3,(H,25,28)(H,26,29)/t17-/m1/s1. The van der Waals surface area contributed by atoms with Crippen LogP contribution in [0.1, 0.15) is 57.6 Å². The summed E-state index contributed by atoms with van der Waals surface area (Å²) in [5, 5.41) is 5.73. The Balaban J connectivity index is 1.63. The molecule has 2 amide bonds. The molecule has 1 aliphatic carbocycles. The van der Waals surface area contributed by atoms with Crippen LogP contribution in [0.5, 0.6) is 0 Å². The van der Waals surface area contributed by atoms with E-state index < -0.39 is 0 Å². The lowest BCUT2D eigenvalue weighted by atomic mass is 10.0. The SMILES string of the molecule is CC(=O)Nc1ccc(NC(=O)[C@@H](C)N(Cc2ccc(C(C)C)cc2)C2CC2)cc1. The molecule has 2 aromatic rings. The van der Waals surface area contributed by atoms with E-state index in [-0.39, 0.29) is 17.9 Å². The van der Waals surface area contributed by atoms with Gasteiger partial charge in [-0.25, -0.2) is 0 Å². The summed E-state index contributed by atoms with van der Waals surface area (Å²) in [6, 6.07) is 16.2. The number of nitrogens with zero attached hydrogens (tertiary/aromatic N) is 1. The van der Waals surface area contributed by atoms with E-state index in [9.17, 15) is 9.59 Å². The van der Waals surface area contributed by atoms with Gasteiger partial charge in [0, 0.05) is 30.9 Å². The third-order valence-electron chi connectivity index (χ3n) is 5.38. The lowest BCUT2D eigenvalue weighted by molar-refractivity contribution is -0.121. The number of benzene rings is 2. The molecule has 2 aromatic carbocycles. The molecular weight excluding hydrogens is 362 g/mol. The van der Waals surface area contributed by atoms with E-state index in [1.54, 1.807) is 12.1 Å². The molecule has 29 heavy (non-hydrogen) atoms. The highest BCUT2D eigenvalue weighted by atomic mass is 16.2. The van der Waals surface area contributed by atoms with Gasteiger partial charge in [0.2, 0.25) is 11.8 Å². The Hall–Kier alpha value is -2.66. The van der Waals surface area contributed by atoms with Crippen molar-refractivity contribution in [2.75, 3.05) is 10.6 Å². The molecule has 154 valence electrons. The van der Waals surface area contributed by atoms with Crippen LogP contribution in [0.3, 0.4) is 0 Å². The number of hydrogen-bond acceptors (Lipinski definition) is 3. The van der Waals surface area contributed by atoms with Crippen LogP contribution >= 0.6 is 0 Å². The van der Waals surface area contributed by atoms with E-state index >= 15 is 0 Å². The minimum absolute atomic E-state index is 0.0111. The fourth-order valence-corrected chi connectivity index (χ4v) is 3.44. The zero-order valence-corrected chi connectivity index (χ0v) is 17.7. The van der Waals surface area contributed by atoms with Gasteiger partial charge in [0.05, 0.1) is 6.04 Å². The van der Waals surface area contributed by atoms with E-state index in [2.05, 4.69) is 53.6 Å². The van der Waals surface area contributed by atoms with Crippen molar-refractivity contribution in [2.45, 2.75) is 65.1 Å². The number of carbonyl (C=O) groups is 2. The molecule has 1 saturated carbocycles. The Labute approximate surface area is 173 Å². The van der Waals surface area contributed by atoms with E-state index in [1.807, 2.05) is 19.1 Å². The normalized spacial score (nSPS) is 14.7. The third-order valence-corrected chi connectivity index (χ3v) is 5.38. The van der Waals surface area contributed by atoms with Crippen molar-refractivity contribution >= 4 is 23.2 Å². The summed E-state index contributed by atoms with van der Waals surface area (Å²) >= 11 is 0. The highest BCUT2D eigenvalue weighted by Crippen LogP contribution is 2.31. The van der Waals surface area contributed by atoms with Crippen molar-refractivity contribution < 1.29 is 9.59 Å². The number of hydrogen-bond donors (Lipinski definition) is 2. The van der Waals surface area contributed by atoms with Crippen molar-refractivity contribution in [1.82, 2.24) is 4.90 Å². The first-order valence-electron chi connectivity index (χ1n) is 10.4. The maximum atomic E-state index is 12.9. The van der Waals surface area contributed by atoms with Crippen molar-refractivity contribution in [1.29, 1.82) is 0 Å². The highest BCUT2D eigenvalue weighted by Gasteiger charge is 2.35. The Morgan fingerprint density at radius 1 is 0.931 bits per heavy atom. The van der Waals surface area contributed by atoms with Gasteiger partial charge < -0.3 is 10.6 Å². The molecule has 1 atom stereocenters. The highest BCUT2D eigenvalue weighted by molar-refractivity contribution is 5.95. The molecule has 0 radical (unpaired) electrons. The second kappa shape index (κ2) is 9.23. The van der Waals surface area contributed by atoms with Gasteiger partial charge in [-0.1, -0.05) is 38.1 Å². The van der Waals surface area contributed by atoms with Gasteiger partial charge in [-0.2, -0.15) is 0 Å². The predicted octanol–water partition coefficient (Wildman–Crippen LogP) is 4.76. The van der Waals surface area contributed by atoms with Crippen molar-refractivity contribution in [3.8, 4) is 0 Å². The number of rotatable bonds is 8. The largest absolute Gasteiger partial charge is 0.326 e. The molecule has 0 bridgehead atoms. The summed E-state index contributed by atoms with van der Waals surface area (Å²) in [4.78, 5) is 26.3. The van der Waals surface area contributed by atoms with Crippen LogP contribution in [0.25, 0.3) is 0 Å². The van der Waals surface area contributed by atoms with E-state index in [0.717, 1.165) is 25.1 Å². The van der Waals surface area contributed by atoms with Crippen molar-refractivity contribution in [3.63, 3.8) is 0 Å². The number of amides is 2. The van der Waals surface area contributed by atoms with Crippen LogP contribution in [0.4, 0.5) is 11.4 Å². The molecule has 1 aliphatic rings. The summed E-state index contributed by atoms with van der Waals surface area (Å²) in [5.41, 5.74) is 4.02. The monoisotopic (exact) mass is 393 g/mol. The average molecular weight is 394 g/mol. The fraction of sp³-hybridized carbons (Fsp3) is 0.417. The number of nitrogens with one attached hydrogen (secondary N) is 2. The summed E-state index contributed by atoms with van der Waals surface area (Å²) < 4.78 is 0. The maximum absolute atomic E-state index is 12.9. The molecule has 5 heteroatoms. The molecule has 0 aromatic heterocycles.